The fourth-order valence-corrected chi connectivity index (χ4v) is 4.71. The molecule has 0 saturated heterocycles. The lowest BCUT2D eigenvalue weighted by molar-refractivity contribution is 0.630. The number of benzene rings is 1. The van der Waals surface area contributed by atoms with E-state index in [1.54, 1.807) is 28.7 Å². The molecule has 2 heterocycles. The number of hydrogen-bond acceptors (Lipinski definition) is 3. The van der Waals surface area contributed by atoms with Crippen molar-refractivity contribution in [3.63, 3.8) is 0 Å². The Morgan fingerprint density at radius 3 is 2.85 bits per heavy atom. The van der Waals surface area contributed by atoms with Crippen LogP contribution < -0.4 is 5.32 Å². The minimum absolute atomic E-state index is 0.0768. The van der Waals surface area contributed by atoms with Crippen LogP contribution in [0.3, 0.4) is 0 Å². The van der Waals surface area contributed by atoms with Crippen LogP contribution in [0.25, 0.3) is 10.1 Å². The summed E-state index contributed by atoms with van der Waals surface area (Å²) in [7, 11) is 0. The molecule has 5 heteroatoms. The lowest BCUT2D eigenvalue weighted by atomic mass is 10.1. The van der Waals surface area contributed by atoms with E-state index in [0.717, 1.165) is 31.4 Å². The third-order valence-corrected chi connectivity index (χ3v) is 5.69. The van der Waals surface area contributed by atoms with Gasteiger partial charge in [0.15, 0.2) is 0 Å². The quantitative estimate of drug-likeness (QED) is 0.672. The first kappa shape index (κ1) is 14.0. The summed E-state index contributed by atoms with van der Waals surface area (Å²) in [6.07, 6.45) is 0. The van der Waals surface area contributed by atoms with Gasteiger partial charge in [-0.05, 0) is 41.6 Å². The van der Waals surface area contributed by atoms with Gasteiger partial charge in [0.1, 0.15) is 5.82 Å². The molecular weight excluding hydrogens is 313 g/mol. The Kier molecular flexibility index (Phi) is 4.08. The van der Waals surface area contributed by atoms with Gasteiger partial charge in [0.2, 0.25) is 0 Å². The summed E-state index contributed by atoms with van der Waals surface area (Å²) < 4.78 is 14.3. The van der Waals surface area contributed by atoms with Crippen LogP contribution in [0.5, 0.6) is 0 Å². The summed E-state index contributed by atoms with van der Waals surface area (Å²) in [5.41, 5.74) is 0. The molecule has 0 amide bonds. The Morgan fingerprint density at radius 1 is 1.30 bits per heavy atom. The minimum Gasteiger partial charge on any atom is -0.305 e. The summed E-state index contributed by atoms with van der Waals surface area (Å²) in [6.45, 7) is 2.92. The Labute approximate surface area is 130 Å². The van der Waals surface area contributed by atoms with Crippen molar-refractivity contribution in [2.45, 2.75) is 13.0 Å². The number of thiophene rings is 2. The standard InChI is InChI=1S/C15H13ClFNS2/c1-2-18-14(15-11(16)5-6-19-15)13-7-9-3-4-10(17)8-12(9)20-13/h3-8,14,18H,2H2,1H3. The number of hydrogen-bond donors (Lipinski definition) is 1. The lowest BCUT2D eigenvalue weighted by Gasteiger charge is -2.15. The van der Waals surface area contributed by atoms with Gasteiger partial charge in [0.25, 0.3) is 0 Å². The maximum Gasteiger partial charge on any atom is 0.124 e. The first-order chi connectivity index (χ1) is 9.69. The highest BCUT2D eigenvalue weighted by molar-refractivity contribution is 7.19. The zero-order chi connectivity index (χ0) is 14.1. The van der Waals surface area contributed by atoms with Crippen molar-refractivity contribution in [2.75, 3.05) is 6.54 Å². The van der Waals surface area contributed by atoms with Crippen LogP contribution in [-0.2, 0) is 0 Å². The monoisotopic (exact) mass is 325 g/mol. The molecule has 20 heavy (non-hydrogen) atoms. The second-order valence-electron chi connectivity index (χ2n) is 4.45. The van der Waals surface area contributed by atoms with E-state index >= 15 is 0 Å². The fraction of sp³-hybridized carbons (Fsp3) is 0.200. The highest BCUT2D eigenvalue weighted by Crippen LogP contribution is 2.38. The van der Waals surface area contributed by atoms with Gasteiger partial charge in [-0.3, -0.25) is 0 Å². The molecule has 1 atom stereocenters. The van der Waals surface area contributed by atoms with E-state index in [1.165, 1.54) is 6.07 Å². The smallest absolute Gasteiger partial charge is 0.124 e. The minimum atomic E-state index is -0.194. The van der Waals surface area contributed by atoms with E-state index < -0.39 is 0 Å². The van der Waals surface area contributed by atoms with E-state index in [2.05, 4.69) is 18.3 Å². The maximum absolute atomic E-state index is 13.3. The van der Waals surface area contributed by atoms with Gasteiger partial charge in [0, 0.05) is 14.5 Å². The van der Waals surface area contributed by atoms with E-state index in [1.807, 2.05) is 17.5 Å². The molecule has 0 saturated carbocycles. The average Bonchev–Trinajstić information content (AvgIpc) is 3.01. The molecule has 0 radical (unpaired) electrons. The summed E-state index contributed by atoms with van der Waals surface area (Å²) in [6, 6.07) is 9.01. The van der Waals surface area contributed by atoms with Crippen molar-refractivity contribution in [1.29, 1.82) is 0 Å². The SMILES string of the molecule is CCNC(c1cc2ccc(F)cc2s1)c1sccc1Cl. The van der Waals surface area contributed by atoms with Crippen LogP contribution in [0.15, 0.2) is 35.7 Å². The molecule has 3 rings (SSSR count). The molecule has 2 aromatic heterocycles. The van der Waals surface area contributed by atoms with Crippen LogP contribution in [0, 0.1) is 5.82 Å². The first-order valence-corrected chi connectivity index (χ1v) is 8.41. The Morgan fingerprint density at radius 2 is 2.15 bits per heavy atom. The van der Waals surface area contributed by atoms with Crippen molar-refractivity contribution in [3.8, 4) is 0 Å². The van der Waals surface area contributed by atoms with Crippen molar-refractivity contribution in [1.82, 2.24) is 5.32 Å². The summed E-state index contributed by atoms with van der Waals surface area (Å²) in [4.78, 5) is 2.28. The van der Waals surface area contributed by atoms with E-state index in [0.29, 0.717) is 0 Å². The fourth-order valence-electron chi connectivity index (χ4n) is 2.21. The molecule has 3 aromatic rings. The normalized spacial score (nSPS) is 12.9. The van der Waals surface area contributed by atoms with Crippen molar-refractivity contribution >= 4 is 44.4 Å². The predicted octanol–water partition coefficient (Wildman–Crippen LogP) is 5.45. The lowest BCUT2D eigenvalue weighted by Crippen LogP contribution is -2.20. The Balaban J connectivity index is 2.07. The molecule has 104 valence electrons. The van der Waals surface area contributed by atoms with Crippen molar-refractivity contribution in [3.05, 3.63) is 56.3 Å². The Bertz CT molecular complexity index is 734. The van der Waals surface area contributed by atoms with Crippen LogP contribution >= 0.6 is 34.3 Å². The topological polar surface area (TPSA) is 12.0 Å². The predicted molar refractivity (Wildman–Crippen MR) is 86.6 cm³/mol. The molecule has 1 aromatic carbocycles. The Hall–Kier alpha value is -0.940. The number of halogens is 2. The van der Waals surface area contributed by atoms with Gasteiger partial charge in [-0.2, -0.15) is 0 Å². The molecule has 0 aliphatic carbocycles. The molecule has 1 unspecified atom stereocenters. The third-order valence-electron chi connectivity index (χ3n) is 3.10. The molecule has 0 spiro atoms. The summed E-state index contributed by atoms with van der Waals surface area (Å²) in [5.74, 6) is -0.194. The zero-order valence-electron chi connectivity index (χ0n) is 10.8. The average molecular weight is 326 g/mol. The van der Waals surface area contributed by atoms with Crippen LogP contribution in [0.1, 0.15) is 22.7 Å². The first-order valence-electron chi connectivity index (χ1n) is 6.34. The van der Waals surface area contributed by atoms with Crippen LogP contribution in [0.2, 0.25) is 5.02 Å². The molecule has 0 bridgehead atoms. The van der Waals surface area contributed by atoms with Crippen LogP contribution in [-0.4, -0.2) is 6.54 Å². The van der Waals surface area contributed by atoms with Crippen molar-refractivity contribution in [2.24, 2.45) is 0 Å². The van der Waals surface area contributed by atoms with Gasteiger partial charge in [0.05, 0.1) is 11.1 Å². The second-order valence-corrected chi connectivity index (χ2v) is 6.92. The van der Waals surface area contributed by atoms with Gasteiger partial charge in [-0.15, -0.1) is 22.7 Å². The van der Waals surface area contributed by atoms with E-state index in [9.17, 15) is 4.39 Å². The molecule has 0 aliphatic heterocycles. The molecule has 0 fully saturated rings. The van der Waals surface area contributed by atoms with Gasteiger partial charge in [-0.1, -0.05) is 24.6 Å². The van der Waals surface area contributed by atoms with E-state index in [-0.39, 0.29) is 11.9 Å². The highest BCUT2D eigenvalue weighted by atomic mass is 35.5. The van der Waals surface area contributed by atoms with Gasteiger partial charge >= 0.3 is 0 Å². The maximum atomic E-state index is 13.3. The molecule has 1 N–H and O–H groups in total. The molecular formula is C15H13ClFNS2. The summed E-state index contributed by atoms with van der Waals surface area (Å²) in [5, 5.41) is 7.31. The molecule has 1 nitrogen and oxygen atoms in total. The number of nitrogens with one attached hydrogen (secondary N) is 1. The van der Waals surface area contributed by atoms with E-state index in [4.69, 9.17) is 11.6 Å². The largest absolute Gasteiger partial charge is 0.305 e. The van der Waals surface area contributed by atoms with Crippen LogP contribution in [0.4, 0.5) is 4.39 Å². The second kappa shape index (κ2) is 5.82. The molecule has 0 aliphatic rings. The highest BCUT2D eigenvalue weighted by Gasteiger charge is 2.19. The third kappa shape index (κ3) is 2.61. The zero-order valence-corrected chi connectivity index (χ0v) is 13.2. The number of rotatable bonds is 4. The van der Waals surface area contributed by atoms with Gasteiger partial charge < -0.3 is 5.32 Å². The van der Waals surface area contributed by atoms with Crippen molar-refractivity contribution < 1.29 is 4.39 Å². The van der Waals surface area contributed by atoms with Gasteiger partial charge in [-0.25, -0.2) is 4.39 Å². The number of fused-ring (bicyclic) bond motifs is 1. The summed E-state index contributed by atoms with van der Waals surface area (Å²) >= 11 is 9.51.